The normalized spacial score (nSPS) is 15.6. The van der Waals surface area contributed by atoms with Crippen molar-refractivity contribution in [2.45, 2.75) is 37.6 Å². The predicted octanol–water partition coefficient (Wildman–Crippen LogP) is 2.83. The van der Waals surface area contributed by atoms with Gasteiger partial charge in [0.25, 0.3) is 0 Å². The van der Waals surface area contributed by atoms with Crippen LogP contribution >= 0.6 is 23.2 Å². The number of amides is 4. The number of halogens is 5. The summed E-state index contributed by atoms with van der Waals surface area (Å²) in [5, 5.41) is 19.8. The van der Waals surface area contributed by atoms with Crippen LogP contribution in [0.2, 0.25) is 10.0 Å². The van der Waals surface area contributed by atoms with Gasteiger partial charge in [-0.05, 0) is 42.8 Å². The molecule has 1 aliphatic rings. The molecular formula is C24H22Cl2F3N9O3. The van der Waals surface area contributed by atoms with Crippen LogP contribution in [-0.4, -0.2) is 73.1 Å². The number of alkyl halides is 3. The molecule has 17 heteroatoms. The average molecular weight is 612 g/mol. The van der Waals surface area contributed by atoms with Crippen LogP contribution in [0, 0.1) is 5.41 Å². The molecule has 2 aromatic heterocycles. The maximum absolute atomic E-state index is 14.0. The first kappa shape index (κ1) is 29.7. The first-order valence-corrected chi connectivity index (χ1v) is 12.8. The maximum Gasteiger partial charge on any atom is 0.410 e. The Balaban J connectivity index is 1.53. The second-order valence-corrected chi connectivity index (χ2v) is 9.64. The van der Waals surface area contributed by atoms with E-state index in [1.807, 2.05) is 5.32 Å². The average Bonchev–Trinajstić information content (AvgIpc) is 3.58. The minimum absolute atomic E-state index is 0.000845. The fourth-order valence-corrected chi connectivity index (χ4v) is 4.15. The third kappa shape index (κ3) is 7.49. The van der Waals surface area contributed by atoms with E-state index in [-0.39, 0.29) is 41.6 Å². The standard InChI is InChI=1S/C24H22Cl2F3N9O3/c25-14-5-3-13(4-6-14)20(30)37(11-17(24(27,28)29)35-22(40)16-7-8-19(39)34-16)23(41)32-10-18-33-12-38(36-18)21-15(26)2-1-9-31-21/h1-6,9,12,16-17,30H,7-8,10-11H2,(H,32,41)(H,34,39)(H,35,40)/t16-,17?/m0/s1. The van der Waals surface area contributed by atoms with Gasteiger partial charge in [0.15, 0.2) is 11.6 Å². The van der Waals surface area contributed by atoms with Gasteiger partial charge in [-0.1, -0.05) is 23.2 Å². The molecule has 4 N–H and O–H groups in total. The highest BCUT2D eigenvalue weighted by Gasteiger charge is 2.44. The van der Waals surface area contributed by atoms with E-state index in [1.165, 1.54) is 41.5 Å². The molecule has 1 fully saturated rings. The van der Waals surface area contributed by atoms with E-state index in [9.17, 15) is 27.6 Å². The lowest BCUT2D eigenvalue weighted by atomic mass is 10.1. The third-order valence-corrected chi connectivity index (χ3v) is 6.46. The van der Waals surface area contributed by atoms with Crippen LogP contribution < -0.4 is 16.0 Å². The first-order chi connectivity index (χ1) is 19.4. The summed E-state index contributed by atoms with van der Waals surface area (Å²) in [7, 11) is 0. The summed E-state index contributed by atoms with van der Waals surface area (Å²) in [6.07, 6.45) is -2.19. The Morgan fingerprint density at radius 2 is 1.93 bits per heavy atom. The topological polar surface area (TPSA) is 158 Å². The molecule has 216 valence electrons. The molecule has 1 unspecified atom stereocenters. The number of nitrogens with zero attached hydrogens (tertiary/aromatic N) is 5. The van der Waals surface area contributed by atoms with Gasteiger partial charge in [-0.2, -0.15) is 13.2 Å². The Hall–Kier alpha value is -4.24. The highest BCUT2D eigenvalue weighted by Crippen LogP contribution is 2.23. The molecule has 41 heavy (non-hydrogen) atoms. The Morgan fingerprint density at radius 1 is 1.20 bits per heavy atom. The van der Waals surface area contributed by atoms with Gasteiger partial charge in [0.05, 0.1) is 18.1 Å². The molecule has 0 radical (unpaired) electrons. The van der Waals surface area contributed by atoms with E-state index in [1.54, 1.807) is 12.1 Å². The number of nitrogens with one attached hydrogen (secondary N) is 4. The second-order valence-electron chi connectivity index (χ2n) is 8.80. The van der Waals surface area contributed by atoms with E-state index in [0.717, 1.165) is 0 Å². The van der Waals surface area contributed by atoms with Gasteiger partial charge >= 0.3 is 12.2 Å². The van der Waals surface area contributed by atoms with Crippen molar-refractivity contribution in [3.05, 3.63) is 70.4 Å². The molecule has 0 spiro atoms. The van der Waals surface area contributed by atoms with Crippen LogP contribution in [0.3, 0.4) is 0 Å². The molecule has 4 rings (SSSR count). The van der Waals surface area contributed by atoms with Crippen molar-refractivity contribution in [3.63, 3.8) is 0 Å². The van der Waals surface area contributed by atoms with Crippen molar-refractivity contribution in [3.8, 4) is 5.82 Å². The SMILES string of the molecule is N=C(c1ccc(Cl)cc1)N(CC(NC(=O)[C@@H]1CCC(=O)N1)C(F)(F)F)C(=O)NCc1ncn(-c2ncccc2Cl)n1. The lowest BCUT2D eigenvalue weighted by Gasteiger charge is -2.30. The van der Waals surface area contributed by atoms with Crippen LogP contribution in [0.5, 0.6) is 0 Å². The number of hydrogen-bond donors (Lipinski definition) is 4. The van der Waals surface area contributed by atoms with Crippen LogP contribution in [0.1, 0.15) is 24.2 Å². The number of pyridine rings is 1. The summed E-state index contributed by atoms with van der Waals surface area (Å²) in [5.74, 6) is -1.75. The minimum Gasteiger partial charge on any atom is -0.344 e. The molecule has 0 aliphatic carbocycles. The number of carbonyl (C=O) groups excluding carboxylic acids is 3. The van der Waals surface area contributed by atoms with E-state index in [0.29, 0.717) is 9.92 Å². The Morgan fingerprint density at radius 3 is 2.56 bits per heavy atom. The largest absolute Gasteiger partial charge is 0.410 e. The zero-order valence-electron chi connectivity index (χ0n) is 21.0. The monoisotopic (exact) mass is 611 g/mol. The van der Waals surface area contributed by atoms with Gasteiger partial charge < -0.3 is 16.0 Å². The molecule has 1 aromatic carbocycles. The van der Waals surface area contributed by atoms with Crippen molar-refractivity contribution < 1.29 is 27.6 Å². The molecule has 3 aromatic rings. The lowest BCUT2D eigenvalue weighted by molar-refractivity contribution is -0.163. The highest BCUT2D eigenvalue weighted by molar-refractivity contribution is 6.32. The molecule has 1 saturated heterocycles. The Kier molecular flexibility index (Phi) is 9.08. The van der Waals surface area contributed by atoms with E-state index >= 15 is 0 Å². The Bertz CT molecular complexity index is 1450. The predicted molar refractivity (Wildman–Crippen MR) is 141 cm³/mol. The number of amidine groups is 1. The summed E-state index contributed by atoms with van der Waals surface area (Å²) < 4.78 is 43.4. The van der Waals surface area contributed by atoms with Crippen molar-refractivity contribution in [2.24, 2.45) is 0 Å². The summed E-state index contributed by atoms with van der Waals surface area (Å²) in [6.45, 7) is -1.47. The summed E-state index contributed by atoms with van der Waals surface area (Å²) >= 11 is 12.0. The smallest absolute Gasteiger partial charge is 0.344 e. The van der Waals surface area contributed by atoms with Crippen LogP contribution in [0.15, 0.2) is 48.9 Å². The van der Waals surface area contributed by atoms with Crippen LogP contribution in [-0.2, 0) is 16.1 Å². The zero-order chi connectivity index (χ0) is 29.7. The van der Waals surface area contributed by atoms with Crippen molar-refractivity contribution >= 4 is 46.9 Å². The number of hydrogen-bond acceptors (Lipinski definition) is 7. The fourth-order valence-electron chi connectivity index (χ4n) is 3.81. The van der Waals surface area contributed by atoms with Crippen LogP contribution in [0.25, 0.3) is 5.82 Å². The van der Waals surface area contributed by atoms with Gasteiger partial charge in [-0.25, -0.2) is 19.4 Å². The van der Waals surface area contributed by atoms with E-state index < -0.39 is 48.5 Å². The third-order valence-electron chi connectivity index (χ3n) is 5.91. The molecule has 0 saturated carbocycles. The fraction of sp³-hybridized carbons (Fsp3) is 0.292. The summed E-state index contributed by atoms with van der Waals surface area (Å²) in [4.78, 5) is 45.8. The Labute approximate surface area is 240 Å². The van der Waals surface area contributed by atoms with Gasteiger partial charge in [-0.15, -0.1) is 5.10 Å². The zero-order valence-corrected chi connectivity index (χ0v) is 22.5. The number of benzene rings is 1. The number of aromatic nitrogens is 4. The molecule has 2 atom stereocenters. The van der Waals surface area contributed by atoms with Gasteiger partial charge in [0.1, 0.15) is 24.2 Å². The molecule has 12 nitrogen and oxygen atoms in total. The van der Waals surface area contributed by atoms with E-state index in [2.05, 4.69) is 25.7 Å². The highest BCUT2D eigenvalue weighted by atomic mass is 35.5. The van der Waals surface area contributed by atoms with Crippen molar-refractivity contribution in [1.82, 2.24) is 40.6 Å². The van der Waals surface area contributed by atoms with Gasteiger partial charge in [0.2, 0.25) is 11.8 Å². The molecule has 3 heterocycles. The van der Waals surface area contributed by atoms with E-state index in [4.69, 9.17) is 28.6 Å². The molecular weight excluding hydrogens is 590 g/mol. The molecule has 4 amide bonds. The van der Waals surface area contributed by atoms with Crippen molar-refractivity contribution in [1.29, 1.82) is 5.41 Å². The summed E-state index contributed by atoms with van der Waals surface area (Å²) in [6, 6.07) is 3.96. The van der Waals surface area contributed by atoms with Crippen molar-refractivity contribution in [2.75, 3.05) is 6.54 Å². The summed E-state index contributed by atoms with van der Waals surface area (Å²) in [5.41, 5.74) is 0.0899. The molecule has 0 bridgehead atoms. The minimum atomic E-state index is -5.00. The number of rotatable bonds is 8. The second kappa shape index (κ2) is 12.5. The van der Waals surface area contributed by atoms with Crippen LogP contribution in [0.4, 0.5) is 18.0 Å². The molecule has 1 aliphatic heterocycles. The number of urea groups is 1. The van der Waals surface area contributed by atoms with Gasteiger partial charge in [-0.3, -0.25) is 19.9 Å². The number of carbonyl (C=O) groups is 3. The first-order valence-electron chi connectivity index (χ1n) is 12.0. The maximum atomic E-state index is 14.0. The van der Waals surface area contributed by atoms with Gasteiger partial charge in [0, 0.05) is 23.2 Å². The quantitative estimate of drug-likeness (QED) is 0.226. The lowest BCUT2D eigenvalue weighted by Crippen LogP contribution is -2.58.